The molecule has 6 nitrogen and oxygen atoms in total. The standard InChI is InChI=1S/C13H22N4O2S/c1-2-19-11-12(14)16-20-13(11)15-7-6-10(18)17-8-4-3-5-9-17/h15H,2-9H2,1H3,(H2,14,16). The zero-order valence-corrected chi connectivity index (χ0v) is 12.7. The first-order valence-electron chi connectivity index (χ1n) is 7.12. The van der Waals surface area contributed by atoms with Crippen molar-refractivity contribution in [3.05, 3.63) is 0 Å². The number of nitrogens with two attached hydrogens (primary N) is 1. The van der Waals surface area contributed by atoms with Crippen LogP contribution in [0.5, 0.6) is 5.75 Å². The van der Waals surface area contributed by atoms with Crippen molar-refractivity contribution in [1.29, 1.82) is 0 Å². The normalized spacial score (nSPS) is 15.2. The molecule has 1 amide bonds. The van der Waals surface area contributed by atoms with Gasteiger partial charge in [-0.1, -0.05) is 0 Å². The maximum atomic E-state index is 12.0. The lowest BCUT2D eigenvalue weighted by Gasteiger charge is -2.26. The van der Waals surface area contributed by atoms with Gasteiger partial charge in [0.05, 0.1) is 6.61 Å². The maximum Gasteiger partial charge on any atom is 0.224 e. The van der Waals surface area contributed by atoms with E-state index in [-0.39, 0.29) is 5.91 Å². The number of hydrogen-bond acceptors (Lipinski definition) is 6. The summed E-state index contributed by atoms with van der Waals surface area (Å²) >= 11 is 1.27. The molecule has 7 heteroatoms. The number of nitrogens with one attached hydrogen (secondary N) is 1. The van der Waals surface area contributed by atoms with Crippen molar-refractivity contribution in [2.24, 2.45) is 0 Å². The Morgan fingerprint density at radius 1 is 1.45 bits per heavy atom. The summed E-state index contributed by atoms with van der Waals surface area (Å²) in [7, 11) is 0. The second kappa shape index (κ2) is 7.33. The number of anilines is 2. The zero-order chi connectivity index (χ0) is 14.4. The van der Waals surface area contributed by atoms with Crippen molar-refractivity contribution in [3.63, 3.8) is 0 Å². The van der Waals surface area contributed by atoms with Gasteiger partial charge in [0.2, 0.25) is 5.91 Å². The van der Waals surface area contributed by atoms with Gasteiger partial charge in [-0.25, -0.2) is 0 Å². The summed E-state index contributed by atoms with van der Waals surface area (Å²) in [5, 5.41) is 3.99. The lowest BCUT2D eigenvalue weighted by atomic mass is 10.1. The molecule has 2 rings (SSSR count). The summed E-state index contributed by atoms with van der Waals surface area (Å²) in [4.78, 5) is 14.0. The molecule has 1 aromatic rings. The predicted octanol–water partition coefficient (Wildman–Crippen LogP) is 1.94. The average Bonchev–Trinajstić information content (AvgIpc) is 2.82. The van der Waals surface area contributed by atoms with Crippen LogP contribution in [0.3, 0.4) is 0 Å². The largest absolute Gasteiger partial charge is 0.487 e. The Hall–Kier alpha value is -1.50. The van der Waals surface area contributed by atoms with Crippen molar-refractivity contribution in [1.82, 2.24) is 9.27 Å². The van der Waals surface area contributed by atoms with E-state index in [1.54, 1.807) is 0 Å². The smallest absolute Gasteiger partial charge is 0.224 e. The molecule has 0 saturated carbocycles. The van der Waals surface area contributed by atoms with Crippen LogP contribution < -0.4 is 15.8 Å². The number of carbonyl (C=O) groups excluding carboxylic acids is 1. The lowest BCUT2D eigenvalue weighted by Crippen LogP contribution is -2.36. The summed E-state index contributed by atoms with van der Waals surface area (Å²) in [6.45, 7) is 4.83. The van der Waals surface area contributed by atoms with Gasteiger partial charge in [0.1, 0.15) is 0 Å². The number of amides is 1. The summed E-state index contributed by atoms with van der Waals surface area (Å²) in [5.74, 6) is 1.22. The van der Waals surface area contributed by atoms with Crippen molar-refractivity contribution < 1.29 is 9.53 Å². The Kier molecular flexibility index (Phi) is 5.46. The minimum absolute atomic E-state index is 0.215. The fourth-order valence-electron chi connectivity index (χ4n) is 2.27. The molecule has 3 N–H and O–H groups in total. The highest BCUT2D eigenvalue weighted by molar-refractivity contribution is 7.11. The Balaban J connectivity index is 1.79. The highest BCUT2D eigenvalue weighted by Gasteiger charge is 2.17. The first-order chi connectivity index (χ1) is 9.72. The first-order valence-corrected chi connectivity index (χ1v) is 7.89. The number of piperidine rings is 1. The van der Waals surface area contributed by atoms with Gasteiger partial charge in [0, 0.05) is 26.1 Å². The third-order valence-corrected chi connectivity index (χ3v) is 4.10. The zero-order valence-electron chi connectivity index (χ0n) is 11.9. The van der Waals surface area contributed by atoms with Gasteiger partial charge in [0.25, 0.3) is 0 Å². The maximum absolute atomic E-state index is 12.0. The fraction of sp³-hybridized carbons (Fsp3) is 0.692. The van der Waals surface area contributed by atoms with E-state index in [2.05, 4.69) is 9.69 Å². The van der Waals surface area contributed by atoms with Crippen molar-refractivity contribution >= 4 is 28.3 Å². The molecule has 1 aliphatic rings. The molecule has 0 aromatic carbocycles. The van der Waals surface area contributed by atoms with Gasteiger partial charge in [0.15, 0.2) is 16.6 Å². The summed E-state index contributed by atoms with van der Waals surface area (Å²) in [6.07, 6.45) is 3.97. The minimum Gasteiger partial charge on any atom is -0.487 e. The Morgan fingerprint density at radius 3 is 2.90 bits per heavy atom. The highest BCUT2D eigenvalue weighted by Crippen LogP contribution is 2.34. The van der Waals surface area contributed by atoms with E-state index in [1.807, 2.05) is 11.8 Å². The van der Waals surface area contributed by atoms with E-state index in [1.165, 1.54) is 18.0 Å². The summed E-state index contributed by atoms with van der Waals surface area (Å²) < 4.78 is 9.51. The topological polar surface area (TPSA) is 80.5 Å². The van der Waals surface area contributed by atoms with Crippen LogP contribution in [-0.2, 0) is 4.79 Å². The molecule has 1 aliphatic heterocycles. The van der Waals surface area contributed by atoms with E-state index in [0.29, 0.717) is 31.1 Å². The monoisotopic (exact) mass is 298 g/mol. The highest BCUT2D eigenvalue weighted by atomic mass is 32.1. The Morgan fingerprint density at radius 2 is 2.20 bits per heavy atom. The van der Waals surface area contributed by atoms with Crippen molar-refractivity contribution in [2.75, 3.05) is 37.3 Å². The van der Waals surface area contributed by atoms with Crippen LogP contribution in [-0.4, -0.2) is 41.4 Å². The van der Waals surface area contributed by atoms with E-state index in [0.717, 1.165) is 30.9 Å². The van der Waals surface area contributed by atoms with Gasteiger partial charge >= 0.3 is 0 Å². The van der Waals surface area contributed by atoms with Gasteiger partial charge in [-0.15, -0.1) is 0 Å². The number of likely N-dealkylation sites (tertiary alicyclic amines) is 1. The van der Waals surface area contributed by atoms with Crippen LogP contribution in [0, 0.1) is 0 Å². The molecule has 0 unspecified atom stereocenters. The SMILES string of the molecule is CCOc1c(N)nsc1NCCC(=O)N1CCCCC1. The van der Waals surface area contributed by atoms with Gasteiger partial charge in [-0.05, 0) is 37.7 Å². The molecular formula is C13H22N4O2S. The molecule has 0 atom stereocenters. The molecule has 1 aromatic heterocycles. The van der Waals surface area contributed by atoms with Crippen LogP contribution >= 0.6 is 11.5 Å². The van der Waals surface area contributed by atoms with Crippen LogP contribution in [0.2, 0.25) is 0 Å². The van der Waals surface area contributed by atoms with Crippen LogP contribution in [0.15, 0.2) is 0 Å². The first kappa shape index (κ1) is 14.9. The fourth-order valence-corrected chi connectivity index (χ4v) is 2.96. The molecule has 1 saturated heterocycles. The number of ether oxygens (including phenoxy) is 1. The van der Waals surface area contributed by atoms with Crippen LogP contribution in [0.4, 0.5) is 10.8 Å². The molecule has 0 spiro atoms. The van der Waals surface area contributed by atoms with Crippen molar-refractivity contribution in [2.45, 2.75) is 32.6 Å². The molecule has 20 heavy (non-hydrogen) atoms. The number of hydrogen-bond donors (Lipinski definition) is 2. The Labute approximate surface area is 123 Å². The number of nitrogens with zero attached hydrogens (tertiary/aromatic N) is 2. The van der Waals surface area contributed by atoms with Crippen molar-refractivity contribution in [3.8, 4) is 5.75 Å². The van der Waals surface area contributed by atoms with Gasteiger partial charge in [-0.2, -0.15) is 4.37 Å². The second-order valence-corrected chi connectivity index (χ2v) is 5.55. The summed E-state index contributed by atoms with van der Waals surface area (Å²) in [5.41, 5.74) is 5.74. The number of rotatable bonds is 6. The quantitative estimate of drug-likeness (QED) is 0.839. The van der Waals surface area contributed by atoms with E-state index >= 15 is 0 Å². The number of nitrogen functional groups attached to an aromatic ring is 1. The molecule has 0 radical (unpaired) electrons. The summed E-state index contributed by atoms with van der Waals surface area (Å²) in [6, 6.07) is 0. The molecule has 112 valence electrons. The second-order valence-electron chi connectivity index (χ2n) is 4.78. The molecule has 1 fully saturated rings. The molecule has 0 aliphatic carbocycles. The third kappa shape index (κ3) is 3.75. The number of carbonyl (C=O) groups is 1. The predicted molar refractivity (Wildman–Crippen MR) is 81.2 cm³/mol. The average molecular weight is 298 g/mol. The van der Waals surface area contributed by atoms with Gasteiger partial charge < -0.3 is 20.7 Å². The van der Waals surface area contributed by atoms with E-state index in [4.69, 9.17) is 10.5 Å². The van der Waals surface area contributed by atoms with Gasteiger partial charge in [-0.3, -0.25) is 4.79 Å². The van der Waals surface area contributed by atoms with E-state index < -0.39 is 0 Å². The molecule has 2 heterocycles. The van der Waals surface area contributed by atoms with E-state index in [9.17, 15) is 4.79 Å². The molecule has 0 bridgehead atoms. The molecular weight excluding hydrogens is 276 g/mol. The Bertz CT molecular complexity index is 444. The lowest BCUT2D eigenvalue weighted by molar-refractivity contribution is -0.131. The third-order valence-electron chi connectivity index (χ3n) is 3.30. The number of aromatic nitrogens is 1. The van der Waals surface area contributed by atoms with Crippen LogP contribution in [0.25, 0.3) is 0 Å². The minimum atomic E-state index is 0.215. The van der Waals surface area contributed by atoms with Crippen LogP contribution in [0.1, 0.15) is 32.6 Å².